The number of aryl methyl sites for hydroxylation is 1. The van der Waals surface area contributed by atoms with E-state index in [-0.39, 0.29) is 6.04 Å². The monoisotopic (exact) mass is 287 g/mol. The number of hydrogen-bond donors (Lipinski definition) is 1. The van der Waals surface area contributed by atoms with E-state index in [1.807, 2.05) is 6.07 Å². The lowest BCUT2D eigenvalue weighted by molar-refractivity contribution is 0.118. The molecule has 114 valence electrons. The van der Waals surface area contributed by atoms with Crippen molar-refractivity contribution in [2.75, 3.05) is 6.61 Å². The molecule has 21 heavy (non-hydrogen) atoms. The summed E-state index contributed by atoms with van der Waals surface area (Å²) < 4.78 is 7.98. The molecule has 0 aliphatic carbocycles. The van der Waals surface area contributed by atoms with E-state index in [0.29, 0.717) is 12.0 Å². The third-order valence-electron chi connectivity index (χ3n) is 4.43. The van der Waals surface area contributed by atoms with Gasteiger partial charge in [-0.1, -0.05) is 19.1 Å². The van der Waals surface area contributed by atoms with Crippen LogP contribution in [0.3, 0.4) is 0 Å². The smallest absolute Gasteiger partial charge is 0.111 e. The molecule has 0 radical (unpaired) electrons. The second kappa shape index (κ2) is 6.16. The minimum atomic E-state index is 0.127. The molecule has 2 N–H and O–H groups in total. The summed E-state index contributed by atoms with van der Waals surface area (Å²) in [4.78, 5) is 4.80. The Morgan fingerprint density at radius 3 is 2.95 bits per heavy atom. The third kappa shape index (κ3) is 2.97. The number of para-hydroxylation sites is 2. The minimum absolute atomic E-state index is 0.127. The Bertz CT molecular complexity index is 607. The van der Waals surface area contributed by atoms with Crippen molar-refractivity contribution in [1.82, 2.24) is 9.55 Å². The highest BCUT2D eigenvalue weighted by Crippen LogP contribution is 2.24. The van der Waals surface area contributed by atoms with Crippen LogP contribution in [0.4, 0.5) is 0 Å². The molecule has 2 aromatic rings. The van der Waals surface area contributed by atoms with Crippen molar-refractivity contribution in [2.45, 2.75) is 51.8 Å². The molecule has 1 aromatic heterocycles. The molecule has 4 nitrogen and oxygen atoms in total. The first-order chi connectivity index (χ1) is 10.2. The molecule has 0 spiro atoms. The first kappa shape index (κ1) is 14.5. The molecule has 3 rings (SSSR count). The van der Waals surface area contributed by atoms with Crippen molar-refractivity contribution in [3.8, 4) is 0 Å². The van der Waals surface area contributed by atoms with Crippen LogP contribution in [0.1, 0.15) is 32.5 Å². The van der Waals surface area contributed by atoms with Crippen molar-refractivity contribution < 1.29 is 4.74 Å². The van der Waals surface area contributed by atoms with Crippen molar-refractivity contribution in [2.24, 2.45) is 11.7 Å². The van der Waals surface area contributed by atoms with Crippen LogP contribution in [0.2, 0.25) is 0 Å². The Hall–Kier alpha value is -1.39. The van der Waals surface area contributed by atoms with Gasteiger partial charge in [0.2, 0.25) is 0 Å². The number of hydrogen-bond acceptors (Lipinski definition) is 3. The summed E-state index contributed by atoms with van der Waals surface area (Å²) >= 11 is 0. The molecule has 0 bridgehead atoms. The zero-order valence-corrected chi connectivity index (χ0v) is 13.0. The van der Waals surface area contributed by atoms with E-state index in [4.69, 9.17) is 15.5 Å². The molecule has 0 saturated carbocycles. The largest absolute Gasteiger partial charge is 0.378 e. The van der Waals surface area contributed by atoms with E-state index in [0.717, 1.165) is 43.8 Å². The maximum absolute atomic E-state index is 6.43. The molecule has 1 aromatic carbocycles. The van der Waals surface area contributed by atoms with Crippen LogP contribution >= 0.6 is 0 Å². The molecular formula is C17H25N3O. The van der Waals surface area contributed by atoms with Gasteiger partial charge >= 0.3 is 0 Å². The number of fused-ring (bicyclic) bond motifs is 1. The predicted octanol–water partition coefficient (Wildman–Crippen LogP) is 2.74. The fraction of sp³-hybridized carbons (Fsp3) is 0.588. The van der Waals surface area contributed by atoms with Crippen molar-refractivity contribution >= 4 is 11.0 Å². The number of imidazole rings is 1. The normalized spacial score (nSPS) is 23.8. The van der Waals surface area contributed by atoms with Crippen LogP contribution in [-0.2, 0) is 17.7 Å². The molecule has 1 aliphatic rings. The molecule has 1 fully saturated rings. The van der Waals surface area contributed by atoms with E-state index < -0.39 is 0 Å². The average molecular weight is 287 g/mol. The fourth-order valence-electron chi connectivity index (χ4n) is 3.28. The van der Waals surface area contributed by atoms with Gasteiger partial charge < -0.3 is 15.0 Å². The van der Waals surface area contributed by atoms with Crippen LogP contribution < -0.4 is 5.73 Å². The van der Waals surface area contributed by atoms with Gasteiger partial charge in [-0.2, -0.15) is 0 Å². The molecule has 1 saturated heterocycles. The summed E-state index contributed by atoms with van der Waals surface area (Å²) in [6.07, 6.45) is 3.34. The van der Waals surface area contributed by atoms with E-state index in [1.165, 1.54) is 5.52 Å². The summed E-state index contributed by atoms with van der Waals surface area (Å²) in [5.74, 6) is 1.57. The lowest BCUT2D eigenvalue weighted by Crippen LogP contribution is -2.33. The van der Waals surface area contributed by atoms with E-state index >= 15 is 0 Å². The van der Waals surface area contributed by atoms with Crippen LogP contribution in [0.25, 0.3) is 11.0 Å². The van der Waals surface area contributed by atoms with Crippen LogP contribution in [0, 0.1) is 5.92 Å². The van der Waals surface area contributed by atoms with Crippen molar-refractivity contribution in [3.63, 3.8) is 0 Å². The first-order valence-corrected chi connectivity index (χ1v) is 8.00. The van der Waals surface area contributed by atoms with Gasteiger partial charge in [0.1, 0.15) is 5.82 Å². The van der Waals surface area contributed by atoms with Gasteiger partial charge in [-0.15, -0.1) is 0 Å². The molecule has 1 aliphatic heterocycles. The molecule has 3 unspecified atom stereocenters. The van der Waals surface area contributed by atoms with Crippen molar-refractivity contribution in [3.05, 3.63) is 30.1 Å². The maximum atomic E-state index is 6.43. The maximum Gasteiger partial charge on any atom is 0.111 e. The highest BCUT2D eigenvalue weighted by molar-refractivity contribution is 5.75. The Morgan fingerprint density at radius 1 is 1.43 bits per heavy atom. The summed E-state index contributed by atoms with van der Waals surface area (Å²) in [6.45, 7) is 6.11. The highest BCUT2D eigenvalue weighted by Gasteiger charge is 2.28. The number of nitrogens with zero attached hydrogens (tertiary/aromatic N) is 2. The van der Waals surface area contributed by atoms with E-state index in [1.54, 1.807) is 0 Å². The number of rotatable bonds is 5. The zero-order valence-electron chi connectivity index (χ0n) is 13.0. The first-order valence-electron chi connectivity index (χ1n) is 8.00. The molecule has 2 heterocycles. The van der Waals surface area contributed by atoms with Gasteiger partial charge in [-0.25, -0.2) is 4.98 Å². The fourth-order valence-corrected chi connectivity index (χ4v) is 3.28. The van der Waals surface area contributed by atoms with Crippen LogP contribution in [-0.4, -0.2) is 28.3 Å². The number of aromatic nitrogens is 2. The SMILES string of the molecule is CCCn1c(CC(N)C2COC(C)C2)nc2ccccc21. The summed E-state index contributed by atoms with van der Waals surface area (Å²) in [5.41, 5.74) is 8.72. The second-order valence-corrected chi connectivity index (χ2v) is 6.18. The lowest BCUT2D eigenvalue weighted by Gasteiger charge is -2.18. The highest BCUT2D eigenvalue weighted by atomic mass is 16.5. The number of benzene rings is 1. The van der Waals surface area contributed by atoms with Gasteiger partial charge in [-0.05, 0) is 31.9 Å². The Morgan fingerprint density at radius 2 is 2.24 bits per heavy atom. The van der Waals surface area contributed by atoms with Crippen LogP contribution in [0.15, 0.2) is 24.3 Å². The average Bonchev–Trinajstić information content (AvgIpc) is 3.04. The Balaban J connectivity index is 1.84. The second-order valence-electron chi connectivity index (χ2n) is 6.18. The quantitative estimate of drug-likeness (QED) is 0.920. The van der Waals surface area contributed by atoms with Gasteiger partial charge in [0.05, 0.1) is 23.7 Å². The lowest BCUT2D eigenvalue weighted by atomic mass is 9.95. The third-order valence-corrected chi connectivity index (χ3v) is 4.43. The summed E-state index contributed by atoms with van der Waals surface area (Å²) in [6, 6.07) is 8.47. The topological polar surface area (TPSA) is 53.1 Å². The molecular weight excluding hydrogens is 262 g/mol. The number of nitrogens with two attached hydrogens (primary N) is 1. The standard InChI is InChI=1S/C17H25N3O/c1-3-8-20-16-7-5-4-6-15(16)19-17(20)10-14(18)13-9-12(2)21-11-13/h4-7,12-14H,3,8-11,18H2,1-2H3. The molecule has 3 atom stereocenters. The van der Waals surface area contributed by atoms with Crippen LogP contribution in [0.5, 0.6) is 0 Å². The molecule has 0 amide bonds. The van der Waals surface area contributed by atoms with Gasteiger partial charge in [-0.3, -0.25) is 0 Å². The van der Waals surface area contributed by atoms with Gasteiger partial charge in [0, 0.05) is 24.9 Å². The van der Waals surface area contributed by atoms with E-state index in [2.05, 4.69) is 36.6 Å². The van der Waals surface area contributed by atoms with Gasteiger partial charge in [0.15, 0.2) is 0 Å². The van der Waals surface area contributed by atoms with E-state index in [9.17, 15) is 0 Å². The predicted molar refractivity (Wildman–Crippen MR) is 85.2 cm³/mol. The minimum Gasteiger partial charge on any atom is -0.378 e. The van der Waals surface area contributed by atoms with Gasteiger partial charge in [0.25, 0.3) is 0 Å². The Labute approximate surface area is 126 Å². The summed E-state index contributed by atoms with van der Waals surface area (Å²) in [5, 5.41) is 0. The zero-order chi connectivity index (χ0) is 14.8. The molecule has 4 heteroatoms. The number of ether oxygens (including phenoxy) is 1. The Kier molecular flexibility index (Phi) is 4.27. The summed E-state index contributed by atoms with van der Waals surface area (Å²) in [7, 11) is 0. The van der Waals surface area contributed by atoms with Crippen molar-refractivity contribution in [1.29, 1.82) is 0 Å².